The van der Waals surface area contributed by atoms with E-state index in [-0.39, 0.29) is 11.9 Å². The number of nitrogens with zero attached hydrogens (tertiary/aromatic N) is 1. The largest absolute Gasteiger partial charge is 0.468 e. The summed E-state index contributed by atoms with van der Waals surface area (Å²) in [6.45, 7) is 0.605. The second-order valence-corrected chi connectivity index (χ2v) is 2.92. The topological polar surface area (TPSA) is 51.2 Å². The molecule has 0 fully saturated rings. The number of hydrogen-bond donors (Lipinski definition) is 1. The number of rotatable bonds is 1. The third kappa shape index (κ3) is 1.24. The van der Waals surface area contributed by atoms with Crippen molar-refractivity contribution in [3.63, 3.8) is 0 Å². The van der Waals surface area contributed by atoms with Gasteiger partial charge in [-0.25, -0.2) is 0 Å². The van der Waals surface area contributed by atoms with Crippen LogP contribution in [0.5, 0.6) is 0 Å². The zero-order chi connectivity index (χ0) is 9.26. The van der Waals surface area contributed by atoms with Crippen molar-refractivity contribution < 1.29 is 9.53 Å². The Balaban J connectivity index is 2.33. The summed E-state index contributed by atoms with van der Waals surface area (Å²) in [6.07, 6.45) is 3.41. The maximum absolute atomic E-state index is 11.3. The van der Waals surface area contributed by atoms with E-state index < -0.39 is 0 Å². The number of nitrogens with one attached hydrogen (secondary N) is 1. The number of carbonyl (C=O) groups excluding carboxylic acids is 1. The summed E-state index contributed by atoms with van der Waals surface area (Å²) in [5.41, 5.74) is 1.90. The summed E-state index contributed by atoms with van der Waals surface area (Å²) >= 11 is 0. The molecule has 68 valence electrons. The third-order valence-electron chi connectivity index (χ3n) is 2.21. The van der Waals surface area contributed by atoms with Crippen LogP contribution in [0.4, 0.5) is 5.69 Å². The van der Waals surface area contributed by atoms with Gasteiger partial charge in [-0.1, -0.05) is 0 Å². The van der Waals surface area contributed by atoms with Crippen molar-refractivity contribution in [2.75, 3.05) is 19.0 Å². The smallest absolute Gasteiger partial charge is 0.315 e. The van der Waals surface area contributed by atoms with E-state index in [1.165, 1.54) is 7.11 Å². The lowest BCUT2D eigenvalue weighted by Gasteiger charge is -2.05. The highest BCUT2D eigenvalue weighted by Gasteiger charge is 2.29. The van der Waals surface area contributed by atoms with Gasteiger partial charge in [0.2, 0.25) is 0 Å². The number of esters is 1. The summed E-state index contributed by atoms with van der Waals surface area (Å²) < 4.78 is 4.68. The molecule has 2 rings (SSSR count). The van der Waals surface area contributed by atoms with Crippen LogP contribution in [0.1, 0.15) is 11.5 Å². The van der Waals surface area contributed by atoms with Gasteiger partial charge in [-0.2, -0.15) is 0 Å². The Hall–Kier alpha value is -1.58. The van der Waals surface area contributed by atoms with E-state index in [4.69, 9.17) is 0 Å². The van der Waals surface area contributed by atoms with Gasteiger partial charge in [0.1, 0.15) is 5.92 Å². The van der Waals surface area contributed by atoms with E-state index in [2.05, 4.69) is 15.0 Å². The summed E-state index contributed by atoms with van der Waals surface area (Å²) in [5, 5.41) is 3.12. The summed E-state index contributed by atoms with van der Waals surface area (Å²) in [5.74, 6) is -0.409. The van der Waals surface area contributed by atoms with Crippen LogP contribution < -0.4 is 5.32 Å². The minimum absolute atomic E-state index is 0.200. The molecule has 13 heavy (non-hydrogen) atoms. The van der Waals surface area contributed by atoms with E-state index in [0.29, 0.717) is 6.54 Å². The fraction of sp³-hybridized carbons (Fsp3) is 0.333. The number of pyridine rings is 1. The van der Waals surface area contributed by atoms with Gasteiger partial charge in [0.25, 0.3) is 0 Å². The minimum atomic E-state index is -0.209. The van der Waals surface area contributed by atoms with Crippen LogP contribution in [0.3, 0.4) is 0 Å². The second kappa shape index (κ2) is 3.05. The highest BCUT2D eigenvalue weighted by Crippen LogP contribution is 2.30. The van der Waals surface area contributed by atoms with Crippen molar-refractivity contribution in [3.05, 3.63) is 24.0 Å². The first-order valence-electron chi connectivity index (χ1n) is 4.08. The van der Waals surface area contributed by atoms with Gasteiger partial charge in [0, 0.05) is 30.2 Å². The van der Waals surface area contributed by atoms with Crippen molar-refractivity contribution in [1.82, 2.24) is 4.98 Å². The molecular formula is C9H10N2O2. The van der Waals surface area contributed by atoms with Crippen LogP contribution in [0.15, 0.2) is 18.5 Å². The molecule has 1 aliphatic heterocycles. The molecule has 0 amide bonds. The normalized spacial score (nSPS) is 19.0. The van der Waals surface area contributed by atoms with E-state index in [9.17, 15) is 4.79 Å². The molecule has 0 bridgehead atoms. The van der Waals surface area contributed by atoms with Gasteiger partial charge in [-0.3, -0.25) is 9.78 Å². The molecule has 0 aromatic carbocycles. The molecule has 1 aliphatic rings. The Labute approximate surface area is 75.9 Å². The first-order valence-corrected chi connectivity index (χ1v) is 4.08. The van der Waals surface area contributed by atoms with Crippen LogP contribution in [0.25, 0.3) is 0 Å². The lowest BCUT2D eigenvalue weighted by atomic mass is 10.0. The number of fused-ring (bicyclic) bond motifs is 1. The number of hydrogen-bond acceptors (Lipinski definition) is 4. The zero-order valence-electron chi connectivity index (χ0n) is 7.28. The molecule has 0 aliphatic carbocycles. The Morgan fingerprint density at radius 2 is 2.62 bits per heavy atom. The fourth-order valence-corrected chi connectivity index (χ4v) is 1.52. The molecule has 1 aromatic heterocycles. The molecule has 0 saturated heterocycles. The first kappa shape index (κ1) is 8.04. The Morgan fingerprint density at radius 3 is 3.38 bits per heavy atom. The van der Waals surface area contributed by atoms with Crippen molar-refractivity contribution in [2.24, 2.45) is 0 Å². The highest BCUT2D eigenvalue weighted by molar-refractivity contribution is 5.83. The number of methoxy groups -OCH3 is 1. The van der Waals surface area contributed by atoms with Crippen LogP contribution in [-0.2, 0) is 9.53 Å². The van der Waals surface area contributed by atoms with E-state index in [1.54, 1.807) is 12.4 Å². The Bertz CT molecular complexity index is 338. The molecule has 1 unspecified atom stereocenters. The van der Waals surface area contributed by atoms with Gasteiger partial charge < -0.3 is 10.1 Å². The van der Waals surface area contributed by atoms with Crippen LogP contribution in [-0.4, -0.2) is 24.6 Å². The summed E-state index contributed by atoms with van der Waals surface area (Å²) in [6, 6.07) is 1.86. The van der Waals surface area contributed by atoms with Crippen LogP contribution in [0.2, 0.25) is 0 Å². The SMILES string of the molecule is COC(=O)C1CNc2ccncc21. The van der Waals surface area contributed by atoms with Gasteiger partial charge in [-0.15, -0.1) is 0 Å². The van der Waals surface area contributed by atoms with Gasteiger partial charge in [0.15, 0.2) is 0 Å². The summed E-state index contributed by atoms with van der Waals surface area (Å²) in [4.78, 5) is 15.3. The number of aromatic nitrogens is 1. The van der Waals surface area contributed by atoms with Gasteiger partial charge >= 0.3 is 5.97 Å². The van der Waals surface area contributed by atoms with Crippen molar-refractivity contribution in [3.8, 4) is 0 Å². The maximum atomic E-state index is 11.3. The highest BCUT2D eigenvalue weighted by atomic mass is 16.5. The Kier molecular flexibility index (Phi) is 1.88. The van der Waals surface area contributed by atoms with Crippen molar-refractivity contribution >= 4 is 11.7 Å². The summed E-state index contributed by atoms with van der Waals surface area (Å²) in [7, 11) is 1.40. The predicted octanol–water partition coefficient (Wildman–Crippen LogP) is 0.764. The molecule has 4 heteroatoms. The molecule has 0 radical (unpaired) electrons. The van der Waals surface area contributed by atoms with Gasteiger partial charge in [-0.05, 0) is 6.07 Å². The lowest BCUT2D eigenvalue weighted by molar-refractivity contribution is -0.141. The molecule has 0 saturated carbocycles. The minimum Gasteiger partial charge on any atom is -0.468 e. The monoisotopic (exact) mass is 178 g/mol. The molecule has 1 atom stereocenters. The average Bonchev–Trinajstić information content (AvgIpc) is 2.60. The molecule has 1 aromatic rings. The Morgan fingerprint density at radius 1 is 1.77 bits per heavy atom. The number of anilines is 1. The first-order chi connectivity index (χ1) is 6.33. The van der Waals surface area contributed by atoms with E-state index in [0.717, 1.165) is 11.3 Å². The predicted molar refractivity (Wildman–Crippen MR) is 47.5 cm³/mol. The van der Waals surface area contributed by atoms with E-state index in [1.807, 2.05) is 6.07 Å². The quantitative estimate of drug-likeness (QED) is 0.645. The fourth-order valence-electron chi connectivity index (χ4n) is 1.52. The lowest BCUT2D eigenvalue weighted by Crippen LogP contribution is -2.15. The standard InChI is InChI=1S/C9H10N2O2/c1-13-9(12)7-5-11-8-2-3-10-4-6(7)8/h2-4,7,11H,5H2,1H3. The molecule has 0 spiro atoms. The van der Waals surface area contributed by atoms with Crippen LogP contribution >= 0.6 is 0 Å². The maximum Gasteiger partial charge on any atom is 0.315 e. The molecule has 2 heterocycles. The number of ether oxygens (including phenoxy) is 1. The van der Waals surface area contributed by atoms with Crippen molar-refractivity contribution in [2.45, 2.75) is 5.92 Å². The van der Waals surface area contributed by atoms with E-state index >= 15 is 0 Å². The average molecular weight is 178 g/mol. The number of carbonyl (C=O) groups is 1. The second-order valence-electron chi connectivity index (χ2n) is 2.92. The molecular weight excluding hydrogens is 168 g/mol. The molecule has 4 nitrogen and oxygen atoms in total. The third-order valence-corrected chi connectivity index (χ3v) is 2.21. The zero-order valence-corrected chi connectivity index (χ0v) is 7.28. The van der Waals surface area contributed by atoms with Crippen LogP contribution in [0, 0.1) is 0 Å². The van der Waals surface area contributed by atoms with Crippen molar-refractivity contribution in [1.29, 1.82) is 0 Å². The molecule has 1 N–H and O–H groups in total. The van der Waals surface area contributed by atoms with Gasteiger partial charge in [0.05, 0.1) is 7.11 Å².